The van der Waals surface area contributed by atoms with E-state index in [0.29, 0.717) is 16.7 Å². The summed E-state index contributed by atoms with van der Waals surface area (Å²) in [4.78, 5) is 0. The minimum absolute atomic E-state index is 0.00851. The molecule has 0 aliphatic heterocycles. The molecule has 0 spiro atoms. The Balaban J connectivity index is 1.90. The van der Waals surface area contributed by atoms with Crippen LogP contribution in [0.25, 0.3) is 11.5 Å². The average Bonchev–Trinajstić information content (AvgIpc) is 3.13. The van der Waals surface area contributed by atoms with Gasteiger partial charge in [0.15, 0.2) is 11.6 Å². The SMILES string of the molecule is NCCCCNc1nnc(-c2ccc(F)c(F)c2Nc2ccc(I)cc2F)o1. The number of nitrogens with zero attached hydrogens (tertiary/aromatic N) is 2. The van der Waals surface area contributed by atoms with Crippen LogP contribution >= 0.6 is 22.6 Å². The number of rotatable bonds is 8. The van der Waals surface area contributed by atoms with Crippen LogP contribution in [0.1, 0.15) is 12.8 Å². The molecule has 148 valence electrons. The van der Waals surface area contributed by atoms with E-state index in [4.69, 9.17) is 10.2 Å². The summed E-state index contributed by atoms with van der Waals surface area (Å²) in [6, 6.07) is 6.72. The summed E-state index contributed by atoms with van der Waals surface area (Å²) in [7, 11) is 0. The maximum absolute atomic E-state index is 14.5. The van der Waals surface area contributed by atoms with Crippen molar-refractivity contribution in [1.82, 2.24) is 10.2 Å². The predicted octanol–water partition coefficient (Wildman–Crippen LogP) is 4.65. The molecule has 10 heteroatoms. The van der Waals surface area contributed by atoms with Crippen LogP contribution in [0.15, 0.2) is 34.7 Å². The first kappa shape index (κ1) is 20.4. The number of hydrogen-bond donors (Lipinski definition) is 3. The van der Waals surface area contributed by atoms with Crippen molar-refractivity contribution in [3.8, 4) is 11.5 Å². The molecule has 0 fully saturated rings. The highest BCUT2D eigenvalue weighted by Gasteiger charge is 2.20. The number of hydrogen-bond acceptors (Lipinski definition) is 6. The number of anilines is 3. The first-order chi connectivity index (χ1) is 13.5. The minimum Gasteiger partial charge on any atom is -0.403 e. The van der Waals surface area contributed by atoms with Gasteiger partial charge in [-0.05, 0) is 72.3 Å². The molecule has 2 aromatic carbocycles. The van der Waals surface area contributed by atoms with E-state index in [0.717, 1.165) is 18.9 Å². The molecule has 6 nitrogen and oxygen atoms in total. The Labute approximate surface area is 172 Å². The van der Waals surface area contributed by atoms with Gasteiger partial charge in [0.05, 0.1) is 16.9 Å². The molecule has 0 saturated heterocycles. The van der Waals surface area contributed by atoms with Crippen molar-refractivity contribution in [3.05, 3.63) is 51.4 Å². The van der Waals surface area contributed by atoms with E-state index >= 15 is 0 Å². The molecular formula is C18H17F3IN5O. The molecule has 28 heavy (non-hydrogen) atoms. The highest BCUT2D eigenvalue weighted by atomic mass is 127. The lowest BCUT2D eigenvalue weighted by atomic mass is 10.1. The van der Waals surface area contributed by atoms with Gasteiger partial charge in [-0.3, -0.25) is 0 Å². The third kappa shape index (κ3) is 4.73. The second-order valence-corrected chi connectivity index (χ2v) is 7.11. The largest absolute Gasteiger partial charge is 0.403 e. The monoisotopic (exact) mass is 503 g/mol. The van der Waals surface area contributed by atoms with Crippen LogP contribution in [0.3, 0.4) is 0 Å². The summed E-state index contributed by atoms with van der Waals surface area (Å²) in [5.41, 5.74) is 5.24. The molecule has 0 aliphatic carbocycles. The molecule has 0 amide bonds. The highest BCUT2D eigenvalue weighted by molar-refractivity contribution is 14.1. The van der Waals surface area contributed by atoms with Gasteiger partial charge in [0.1, 0.15) is 5.82 Å². The smallest absolute Gasteiger partial charge is 0.315 e. The van der Waals surface area contributed by atoms with E-state index < -0.39 is 17.5 Å². The van der Waals surface area contributed by atoms with Crippen LogP contribution in [-0.2, 0) is 0 Å². The van der Waals surface area contributed by atoms with Gasteiger partial charge in [0.2, 0.25) is 0 Å². The van der Waals surface area contributed by atoms with Gasteiger partial charge in [-0.25, -0.2) is 13.2 Å². The number of aromatic nitrogens is 2. The summed E-state index contributed by atoms with van der Waals surface area (Å²) in [5, 5.41) is 13.2. The third-order valence-electron chi connectivity index (χ3n) is 3.85. The molecule has 0 unspecified atom stereocenters. The van der Waals surface area contributed by atoms with Crippen molar-refractivity contribution < 1.29 is 17.6 Å². The van der Waals surface area contributed by atoms with Crippen molar-refractivity contribution in [3.63, 3.8) is 0 Å². The number of halogens is 4. The fraction of sp³-hybridized carbons (Fsp3) is 0.222. The van der Waals surface area contributed by atoms with Crippen molar-refractivity contribution in [2.75, 3.05) is 23.7 Å². The Morgan fingerprint density at radius 2 is 1.86 bits per heavy atom. The third-order valence-corrected chi connectivity index (χ3v) is 4.52. The quantitative estimate of drug-likeness (QED) is 0.307. The minimum atomic E-state index is -1.17. The Bertz CT molecular complexity index is 966. The summed E-state index contributed by atoms with van der Waals surface area (Å²) < 4.78 is 48.6. The summed E-state index contributed by atoms with van der Waals surface area (Å²) in [6.07, 6.45) is 1.66. The van der Waals surface area contributed by atoms with E-state index in [1.54, 1.807) is 6.07 Å². The zero-order valence-corrected chi connectivity index (χ0v) is 16.8. The molecule has 0 aliphatic rings. The molecular weight excluding hydrogens is 486 g/mol. The van der Waals surface area contributed by atoms with E-state index in [9.17, 15) is 13.2 Å². The summed E-state index contributed by atoms with van der Waals surface area (Å²) >= 11 is 1.95. The summed E-state index contributed by atoms with van der Waals surface area (Å²) in [6.45, 7) is 1.16. The molecule has 0 radical (unpaired) electrons. The van der Waals surface area contributed by atoms with Gasteiger partial charge in [-0.15, -0.1) is 5.10 Å². The molecule has 3 aromatic rings. The molecule has 4 N–H and O–H groups in total. The van der Waals surface area contributed by atoms with Crippen LogP contribution in [0.5, 0.6) is 0 Å². The standard InChI is InChI=1S/C18H17F3IN5O/c19-12-5-4-11(17-26-27-18(28-17)24-8-2-1-7-23)16(15(12)21)25-14-6-3-10(22)9-13(14)20/h3-6,9,25H,1-2,7-8,23H2,(H,24,27). The fourth-order valence-electron chi connectivity index (χ4n) is 2.44. The average molecular weight is 503 g/mol. The molecule has 3 rings (SSSR count). The second kappa shape index (κ2) is 9.24. The van der Waals surface area contributed by atoms with Gasteiger partial charge in [-0.1, -0.05) is 5.10 Å². The normalized spacial score (nSPS) is 10.9. The predicted molar refractivity (Wildman–Crippen MR) is 109 cm³/mol. The Hall–Kier alpha value is -2.34. The highest BCUT2D eigenvalue weighted by Crippen LogP contribution is 2.34. The van der Waals surface area contributed by atoms with Gasteiger partial charge in [-0.2, -0.15) is 0 Å². The number of nitrogens with one attached hydrogen (secondary N) is 2. The van der Waals surface area contributed by atoms with Gasteiger partial charge in [0.25, 0.3) is 5.89 Å². The van der Waals surface area contributed by atoms with Crippen LogP contribution in [0.4, 0.5) is 30.6 Å². The van der Waals surface area contributed by atoms with Crippen molar-refractivity contribution in [1.29, 1.82) is 0 Å². The lowest BCUT2D eigenvalue weighted by Gasteiger charge is -2.12. The first-order valence-electron chi connectivity index (χ1n) is 8.47. The number of unbranched alkanes of at least 4 members (excludes halogenated alkanes) is 1. The van der Waals surface area contributed by atoms with Gasteiger partial charge in [0, 0.05) is 10.1 Å². The molecule has 1 aromatic heterocycles. The first-order valence-corrected chi connectivity index (χ1v) is 9.55. The van der Waals surface area contributed by atoms with Crippen LogP contribution in [0, 0.1) is 21.0 Å². The molecule has 0 atom stereocenters. The Kier molecular flexibility index (Phi) is 6.73. The van der Waals surface area contributed by atoms with E-state index in [2.05, 4.69) is 20.8 Å². The number of benzene rings is 2. The zero-order valence-electron chi connectivity index (χ0n) is 14.6. The topological polar surface area (TPSA) is 89.0 Å². The molecule has 0 saturated carbocycles. The van der Waals surface area contributed by atoms with Crippen LogP contribution < -0.4 is 16.4 Å². The second-order valence-electron chi connectivity index (χ2n) is 5.87. The maximum Gasteiger partial charge on any atom is 0.315 e. The Morgan fingerprint density at radius 3 is 2.61 bits per heavy atom. The Morgan fingerprint density at radius 1 is 1.04 bits per heavy atom. The van der Waals surface area contributed by atoms with Gasteiger partial charge < -0.3 is 20.8 Å². The zero-order chi connectivity index (χ0) is 20.1. The lowest BCUT2D eigenvalue weighted by Crippen LogP contribution is -2.05. The van der Waals surface area contributed by atoms with Crippen molar-refractivity contribution in [2.45, 2.75) is 12.8 Å². The maximum atomic E-state index is 14.5. The molecule has 1 heterocycles. The van der Waals surface area contributed by atoms with E-state index in [1.165, 1.54) is 18.2 Å². The van der Waals surface area contributed by atoms with Crippen LogP contribution in [0.2, 0.25) is 0 Å². The van der Waals surface area contributed by atoms with Gasteiger partial charge >= 0.3 is 6.01 Å². The van der Waals surface area contributed by atoms with Crippen molar-refractivity contribution in [2.24, 2.45) is 5.73 Å². The lowest BCUT2D eigenvalue weighted by molar-refractivity contribution is 0.511. The number of nitrogens with two attached hydrogens (primary N) is 1. The summed E-state index contributed by atoms with van der Waals surface area (Å²) in [5.74, 6) is -2.90. The van der Waals surface area contributed by atoms with Crippen molar-refractivity contribution >= 4 is 40.0 Å². The fourth-order valence-corrected chi connectivity index (χ4v) is 2.90. The molecule has 0 bridgehead atoms. The van der Waals surface area contributed by atoms with E-state index in [1.807, 2.05) is 22.6 Å². The van der Waals surface area contributed by atoms with Crippen LogP contribution in [-0.4, -0.2) is 23.3 Å². The van der Waals surface area contributed by atoms with E-state index in [-0.39, 0.29) is 28.8 Å².